The van der Waals surface area contributed by atoms with Gasteiger partial charge in [-0.1, -0.05) is 16.8 Å². The first-order valence-corrected chi connectivity index (χ1v) is 6.53. The molecule has 0 radical (unpaired) electrons. The van der Waals surface area contributed by atoms with Gasteiger partial charge in [0.1, 0.15) is 5.82 Å². The second-order valence-electron chi connectivity index (χ2n) is 4.47. The zero-order valence-electron chi connectivity index (χ0n) is 10.8. The highest BCUT2D eigenvalue weighted by atomic mass is 35.5. The molecular weight excluding hydrogens is 297 g/mol. The number of benzene rings is 1. The van der Waals surface area contributed by atoms with Gasteiger partial charge in [-0.2, -0.15) is 4.98 Å². The lowest BCUT2D eigenvalue weighted by molar-refractivity contribution is 0.354. The van der Waals surface area contributed by atoms with Crippen molar-refractivity contribution in [1.82, 2.24) is 20.1 Å². The first kappa shape index (κ1) is 13.7. The monoisotopic (exact) mass is 307 g/mol. The molecule has 6 nitrogen and oxygen atoms in total. The fourth-order valence-corrected chi connectivity index (χ4v) is 2.04. The summed E-state index contributed by atoms with van der Waals surface area (Å²) in [6.45, 7) is 0. The van der Waals surface area contributed by atoms with Crippen molar-refractivity contribution < 1.29 is 8.91 Å². The number of H-pyrrole nitrogens is 1. The van der Waals surface area contributed by atoms with Crippen LogP contribution in [0.2, 0.25) is 5.02 Å². The molecule has 21 heavy (non-hydrogen) atoms. The molecule has 3 rings (SSSR count). The number of rotatable bonds is 4. The third kappa shape index (κ3) is 2.93. The molecule has 3 N–H and O–H groups in total. The predicted molar refractivity (Wildman–Crippen MR) is 73.9 cm³/mol. The molecule has 3 aromatic rings. The average molecular weight is 308 g/mol. The van der Waals surface area contributed by atoms with Gasteiger partial charge in [0.05, 0.1) is 17.4 Å². The predicted octanol–water partition coefficient (Wildman–Crippen LogP) is 2.49. The smallest absolute Gasteiger partial charge is 0.244 e. The highest BCUT2D eigenvalue weighted by Gasteiger charge is 2.17. The highest BCUT2D eigenvalue weighted by molar-refractivity contribution is 6.31. The fourth-order valence-electron chi connectivity index (χ4n) is 1.86. The van der Waals surface area contributed by atoms with E-state index in [1.54, 1.807) is 12.5 Å². The Labute approximate surface area is 124 Å². The molecular formula is C13H11ClFN5O. The molecule has 0 fully saturated rings. The number of hydrogen-bond donors (Lipinski definition) is 2. The van der Waals surface area contributed by atoms with Gasteiger partial charge in [0.2, 0.25) is 11.7 Å². The molecule has 1 atom stereocenters. The summed E-state index contributed by atoms with van der Waals surface area (Å²) in [6, 6.07) is 3.75. The normalized spacial score (nSPS) is 12.5. The van der Waals surface area contributed by atoms with Gasteiger partial charge >= 0.3 is 0 Å². The maximum Gasteiger partial charge on any atom is 0.244 e. The van der Waals surface area contributed by atoms with Crippen LogP contribution in [0, 0.1) is 5.82 Å². The minimum atomic E-state index is -0.500. The van der Waals surface area contributed by atoms with E-state index in [-0.39, 0.29) is 5.02 Å². The Morgan fingerprint density at radius 2 is 2.29 bits per heavy atom. The highest BCUT2D eigenvalue weighted by Crippen LogP contribution is 2.24. The van der Waals surface area contributed by atoms with Crippen molar-refractivity contribution in [2.45, 2.75) is 12.5 Å². The van der Waals surface area contributed by atoms with Crippen molar-refractivity contribution in [2.24, 2.45) is 5.73 Å². The van der Waals surface area contributed by atoms with Crippen LogP contribution in [-0.2, 0) is 6.42 Å². The second kappa shape index (κ2) is 5.63. The van der Waals surface area contributed by atoms with E-state index in [1.807, 2.05) is 0 Å². The number of aromatic nitrogens is 4. The third-order valence-corrected chi connectivity index (χ3v) is 3.22. The van der Waals surface area contributed by atoms with Crippen LogP contribution in [0.1, 0.15) is 17.6 Å². The van der Waals surface area contributed by atoms with E-state index in [9.17, 15) is 4.39 Å². The van der Waals surface area contributed by atoms with Gasteiger partial charge in [0.15, 0.2) is 0 Å². The first-order chi connectivity index (χ1) is 10.1. The van der Waals surface area contributed by atoms with Gasteiger partial charge in [0.25, 0.3) is 0 Å². The SMILES string of the molecule is NC(Cc1cnc[nH]1)c1nc(-c2ccc(F)c(Cl)c2)no1. The molecule has 8 heteroatoms. The number of halogens is 2. The van der Waals surface area contributed by atoms with Crippen molar-refractivity contribution in [2.75, 3.05) is 0 Å². The van der Waals surface area contributed by atoms with Gasteiger partial charge in [-0.05, 0) is 18.2 Å². The molecule has 0 saturated carbocycles. The van der Waals surface area contributed by atoms with Gasteiger partial charge in [-0.15, -0.1) is 0 Å². The van der Waals surface area contributed by atoms with Crippen LogP contribution >= 0.6 is 11.6 Å². The molecule has 0 amide bonds. The molecule has 0 aliphatic heterocycles. The van der Waals surface area contributed by atoms with Crippen LogP contribution in [-0.4, -0.2) is 20.1 Å². The summed E-state index contributed by atoms with van der Waals surface area (Å²) in [4.78, 5) is 11.1. The molecule has 2 heterocycles. The maximum atomic E-state index is 13.1. The lowest BCUT2D eigenvalue weighted by Gasteiger charge is -2.03. The van der Waals surface area contributed by atoms with Crippen LogP contribution in [0.3, 0.4) is 0 Å². The summed E-state index contributed by atoms with van der Waals surface area (Å²) in [6.07, 6.45) is 3.74. The Morgan fingerprint density at radius 1 is 1.43 bits per heavy atom. The van der Waals surface area contributed by atoms with E-state index in [1.165, 1.54) is 18.2 Å². The zero-order valence-corrected chi connectivity index (χ0v) is 11.5. The van der Waals surface area contributed by atoms with Crippen molar-refractivity contribution in [1.29, 1.82) is 0 Å². The quantitative estimate of drug-likeness (QED) is 0.772. The molecule has 0 spiro atoms. The molecule has 0 aliphatic carbocycles. The van der Waals surface area contributed by atoms with Crippen molar-refractivity contribution in [3.05, 3.63) is 53.1 Å². The molecule has 0 aliphatic rings. The zero-order chi connectivity index (χ0) is 14.8. The van der Waals surface area contributed by atoms with Crippen LogP contribution in [0.4, 0.5) is 4.39 Å². The van der Waals surface area contributed by atoms with Crippen LogP contribution in [0.25, 0.3) is 11.4 Å². The lowest BCUT2D eigenvalue weighted by Crippen LogP contribution is -2.13. The van der Waals surface area contributed by atoms with E-state index < -0.39 is 11.9 Å². The van der Waals surface area contributed by atoms with Gasteiger partial charge in [-0.25, -0.2) is 9.37 Å². The summed E-state index contributed by atoms with van der Waals surface area (Å²) in [7, 11) is 0. The third-order valence-electron chi connectivity index (χ3n) is 2.93. The van der Waals surface area contributed by atoms with Gasteiger partial charge in [-0.3, -0.25) is 0 Å². The number of nitrogens with one attached hydrogen (secondary N) is 1. The molecule has 0 bridgehead atoms. The second-order valence-corrected chi connectivity index (χ2v) is 4.88. The topological polar surface area (TPSA) is 93.6 Å². The molecule has 1 aromatic carbocycles. The Bertz CT molecular complexity index is 743. The van der Waals surface area contributed by atoms with Crippen molar-refractivity contribution in [3.8, 4) is 11.4 Å². The van der Waals surface area contributed by atoms with Crippen LogP contribution in [0.15, 0.2) is 35.2 Å². The van der Waals surface area contributed by atoms with E-state index in [4.69, 9.17) is 21.9 Å². The van der Waals surface area contributed by atoms with Crippen molar-refractivity contribution in [3.63, 3.8) is 0 Å². The van der Waals surface area contributed by atoms with E-state index >= 15 is 0 Å². The van der Waals surface area contributed by atoms with Gasteiger partial charge < -0.3 is 15.2 Å². The largest absolute Gasteiger partial charge is 0.348 e. The Balaban J connectivity index is 1.80. The Kier molecular flexibility index (Phi) is 3.68. The van der Waals surface area contributed by atoms with E-state index in [0.717, 1.165) is 5.69 Å². The molecule has 108 valence electrons. The van der Waals surface area contributed by atoms with Crippen LogP contribution in [0.5, 0.6) is 0 Å². The fraction of sp³-hybridized carbons (Fsp3) is 0.154. The van der Waals surface area contributed by atoms with Crippen molar-refractivity contribution >= 4 is 11.6 Å². The van der Waals surface area contributed by atoms with E-state index in [2.05, 4.69) is 20.1 Å². The summed E-state index contributed by atoms with van der Waals surface area (Å²) in [5.74, 6) is 0.104. The number of hydrogen-bond acceptors (Lipinski definition) is 5. The minimum Gasteiger partial charge on any atom is -0.348 e. The Hall–Kier alpha value is -2.25. The summed E-state index contributed by atoms with van der Waals surface area (Å²) in [5, 5.41) is 3.84. The summed E-state index contributed by atoms with van der Waals surface area (Å²) in [5.41, 5.74) is 7.43. The first-order valence-electron chi connectivity index (χ1n) is 6.15. The number of nitrogens with zero attached hydrogens (tertiary/aromatic N) is 3. The average Bonchev–Trinajstić information content (AvgIpc) is 3.12. The Morgan fingerprint density at radius 3 is 3.00 bits per heavy atom. The summed E-state index contributed by atoms with van der Waals surface area (Å²) >= 11 is 5.73. The molecule has 1 unspecified atom stereocenters. The molecule has 2 aromatic heterocycles. The number of imidazole rings is 1. The maximum absolute atomic E-state index is 13.1. The lowest BCUT2D eigenvalue weighted by atomic mass is 10.2. The van der Waals surface area contributed by atoms with E-state index in [0.29, 0.717) is 23.7 Å². The number of aromatic amines is 1. The number of nitrogens with two attached hydrogens (primary N) is 1. The summed E-state index contributed by atoms with van der Waals surface area (Å²) < 4.78 is 18.3. The minimum absolute atomic E-state index is 0.000563. The standard InChI is InChI=1S/C13H11ClFN5O/c14-9-3-7(1-2-10(9)15)12-19-13(21-20-12)11(16)4-8-5-17-6-18-8/h1-3,5-6,11H,4,16H2,(H,17,18). The molecule has 0 saturated heterocycles. The van der Waals surface area contributed by atoms with Crippen LogP contribution < -0.4 is 5.73 Å². The van der Waals surface area contributed by atoms with Gasteiger partial charge in [0, 0.05) is 23.9 Å².